The Labute approximate surface area is 109 Å². The zero-order valence-electron chi connectivity index (χ0n) is 9.59. The SMILES string of the molecule is CCSCC(Cc1cc(F)ccc1Br)NC. The number of halogens is 2. The molecule has 16 heavy (non-hydrogen) atoms. The molecule has 1 unspecified atom stereocenters. The quantitative estimate of drug-likeness (QED) is 0.863. The average Bonchev–Trinajstić information content (AvgIpc) is 2.28. The van der Waals surface area contributed by atoms with Gasteiger partial charge < -0.3 is 5.32 Å². The molecule has 0 aliphatic carbocycles. The van der Waals surface area contributed by atoms with Gasteiger partial charge in [0.15, 0.2) is 0 Å². The number of rotatable bonds is 6. The molecule has 0 spiro atoms. The Bertz CT molecular complexity index is 333. The van der Waals surface area contributed by atoms with Crippen molar-refractivity contribution in [3.63, 3.8) is 0 Å². The molecule has 0 amide bonds. The minimum Gasteiger partial charge on any atom is -0.316 e. The van der Waals surface area contributed by atoms with Gasteiger partial charge in [0.2, 0.25) is 0 Å². The van der Waals surface area contributed by atoms with Gasteiger partial charge in [0.1, 0.15) is 5.82 Å². The molecular formula is C12H17BrFNS. The number of likely N-dealkylation sites (N-methyl/N-ethyl adjacent to an activating group) is 1. The van der Waals surface area contributed by atoms with Crippen molar-refractivity contribution >= 4 is 27.7 Å². The lowest BCUT2D eigenvalue weighted by Gasteiger charge is -2.16. The zero-order chi connectivity index (χ0) is 12.0. The van der Waals surface area contributed by atoms with Crippen LogP contribution in [-0.2, 0) is 6.42 Å². The minimum atomic E-state index is -0.170. The molecule has 0 saturated carbocycles. The van der Waals surface area contributed by atoms with Gasteiger partial charge in [-0.2, -0.15) is 11.8 Å². The summed E-state index contributed by atoms with van der Waals surface area (Å²) in [7, 11) is 1.95. The molecule has 1 N–H and O–H groups in total. The van der Waals surface area contributed by atoms with Crippen LogP contribution < -0.4 is 5.32 Å². The van der Waals surface area contributed by atoms with Crippen LogP contribution in [0.2, 0.25) is 0 Å². The molecule has 0 heterocycles. The van der Waals surface area contributed by atoms with E-state index in [0.29, 0.717) is 6.04 Å². The third-order valence-corrected chi connectivity index (χ3v) is 4.23. The standard InChI is InChI=1S/C12H17BrFNS/c1-3-16-8-11(15-2)7-9-6-10(14)4-5-12(9)13/h4-6,11,15H,3,7-8H2,1-2H3. The molecule has 0 radical (unpaired) electrons. The summed E-state index contributed by atoms with van der Waals surface area (Å²) in [6, 6.07) is 5.24. The smallest absolute Gasteiger partial charge is 0.123 e. The largest absolute Gasteiger partial charge is 0.316 e. The molecule has 4 heteroatoms. The van der Waals surface area contributed by atoms with Gasteiger partial charge in [0.25, 0.3) is 0 Å². The maximum Gasteiger partial charge on any atom is 0.123 e. The maximum absolute atomic E-state index is 13.1. The molecule has 0 aliphatic heterocycles. The fraction of sp³-hybridized carbons (Fsp3) is 0.500. The van der Waals surface area contributed by atoms with Crippen LogP contribution in [0.15, 0.2) is 22.7 Å². The molecule has 1 rings (SSSR count). The van der Waals surface area contributed by atoms with Crippen molar-refractivity contribution < 1.29 is 4.39 Å². The second kappa shape index (κ2) is 7.30. The van der Waals surface area contributed by atoms with E-state index in [-0.39, 0.29) is 5.82 Å². The van der Waals surface area contributed by atoms with Crippen LogP contribution in [0.1, 0.15) is 12.5 Å². The van der Waals surface area contributed by atoms with Crippen LogP contribution in [0.5, 0.6) is 0 Å². The number of benzene rings is 1. The Balaban J connectivity index is 2.65. The highest BCUT2D eigenvalue weighted by molar-refractivity contribution is 9.10. The Morgan fingerprint density at radius 2 is 2.25 bits per heavy atom. The molecule has 0 aromatic heterocycles. The monoisotopic (exact) mass is 305 g/mol. The first-order valence-electron chi connectivity index (χ1n) is 5.36. The predicted octanol–water partition coefficient (Wildman–Crippen LogP) is 3.47. The number of hydrogen-bond acceptors (Lipinski definition) is 2. The molecule has 0 saturated heterocycles. The Morgan fingerprint density at radius 1 is 1.50 bits per heavy atom. The third-order valence-electron chi connectivity index (χ3n) is 2.41. The van der Waals surface area contributed by atoms with Gasteiger partial charge >= 0.3 is 0 Å². The summed E-state index contributed by atoms with van der Waals surface area (Å²) in [4.78, 5) is 0. The van der Waals surface area contributed by atoms with E-state index in [1.54, 1.807) is 12.1 Å². The molecule has 1 aromatic rings. The van der Waals surface area contributed by atoms with E-state index in [9.17, 15) is 4.39 Å². The van der Waals surface area contributed by atoms with E-state index >= 15 is 0 Å². The van der Waals surface area contributed by atoms with Crippen LogP contribution in [0.25, 0.3) is 0 Å². The summed E-state index contributed by atoms with van der Waals surface area (Å²) >= 11 is 5.35. The van der Waals surface area contributed by atoms with E-state index in [0.717, 1.165) is 28.0 Å². The summed E-state index contributed by atoms with van der Waals surface area (Å²) in [5.74, 6) is 1.99. The number of nitrogens with one attached hydrogen (secondary N) is 1. The van der Waals surface area contributed by atoms with Crippen molar-refractivity contribution in [2.45, 2.75) is 19.4 Å². The van der Waals surface area contributed by atoms with Gasteiger partial charge in [-0.3, -0.25) is 0 Å². The molecule has 1 atom stereocenters. The third kappa shape index (κ3) is 4.44. The number of hydrogen-bond donors (Lipinski definition) is 1. The van der Waals surface area contributed by atoms with Gasteiger partial charge in [-0.15, -0.1) is 0 Å². The molecule has 0 aliphatic rings. The van der Waals surface area contributed by atoms with Crippen LogP contribution in [-0.4, -0.2) is 24.6 Å². The van der Waals surface area contributed by atoms with Crippen LogP contribution >= 0.6 is 27.7 Å². The van der Waals surface area contributed by atoms with Gasteiger partial charge in [-0.25, -0.2) is 4.39 Å². The zero-order valence-corrected chi connectivity index (χ0v) is 12.0. The van der Waals surface area contributed by atoms with Crippen molar-refractivity contribution in [2.75, 3.05) is 18.6 Å². The summed E-state index contributed by atoms with van der Waals surface area (Å²) < 4.78 is 14.1. The van der Waals surface area contributed by atoms with Gasteiger partial charge in [0, 0.05) is 16.3 Å². The van der Waals surface area contributed by atoms with Crippen molar-refractivity contribution in [3.05, 3.63) is 34.1 Å². The van der Waals surface area contributed by atoms with E-state index in [2.05, 4.69) is 28.2 Å². The van der Waals surface area contributed by atoms with E-state index in [4.69, 9.17) is 0 Å². The summed E-state index contributed by atoms with van der Waals surface area (Å²) in [5.41, 5.74) is 1.02. The first-order valence-corrected chi connectivity index (χ1v) is 7.31. The molecule has 90 valence electrons. The number of thioether (sulfide) groups is 1. The van der Waals surface area contributed by atoms with Crippen molar-refractivity contribution in [1.29, 1.82) is 0 Å². The molecule has 1 nitrogen and oxygen atoms in total. The normalized spacial score (nSPS) is 12.8. The van der Waals surface area contributed by atoms with Crippen LogP contribution in [0.3, 0.4) is 0 Å². The first-order chi connectivity index (χ1) is 7.67. The highest BCUT2D eigenvalue weighted by atomic mass is 79.9. The fourth-order valence-corrected chi connectivity index (χ4v) is 2.68. The Hall–Kier alpha value is -0.0600. The highest BCUT2D eigenvalue weighted by Crippen LogP contribution is 2.20. The Morgan fingerprint density at radius 3 is 2.88 bits per heavy atom. The lowest BCUT2D eigenvalue weighted by Crippen LogP contribution is -2.30. The first kappa shape index (κ1) is 14.0. The molecule has 1 aromatic carbocycles. The van der Waals surface area contributed by atoms with Crippen LogP contribution in [0.4, 0.5) is 4.39 Å². The summed E-state index contributed by atoms with van der Waals surface area (Å²) in [6.45, 7) is 2.15. The van der Waals surface area contributed by atoms with Gasteiger partial charge in [0.05, 0.1) is 0 Å². The fourth-order valence-electron chi connectivity index (χ4n) is 1.47. The van der Waals surface area contributed by atoms with E-state index in [1.165, 1.54) is 6.07 Å². The van der Waals surface area contributed by atoms with E-state index < -0.39 is 0 Å². The topological polar surface area (TPSA) is 12.0 Å². The lowest BCUT2D eigenvalue weighted by atomic mass is 10.1. The molecule has 0 fully saturated rings. The van der Waals surface area contributed by atoms with Gasteiger partial charge in [-0.1, -0.05) is 22.9 Å². The predicted molar refractivity (Wildman–Crippen MR) is 73.7 cm³/mol. The second-order valence-electron chi connectivity index (χ2n) is 3.58. The van der Waals surface area contributed by atoms with Crippen molar-refractivity contribution in [3.8, 4) is 0 Å². The Kier molecular flexibility index (Phi) is 6.39. The summed E-state index contributed by atoms with van der Waals surface area (Å²) in [5, 5.41) is 3.27. The van der Waals surface area contributed by atoms with Crippen molar-refractivity contribution in [2.24, 2.45) is 0 Å². The van der Waals surface area contributed by atoms with Crippen LogP contribution in [0, 0.1) is 5.82 Å². The summed E-state index contributed by atoms with van der Waals surface area (Å²) in [6.07, 6.45) is 0.849. The minimum absolute atomic E-state index is 0.170. The van der Waals surface area contributed by atoms with Crippen molar-refractivity contribution in [1.82, 2.24) is 5.32 Å². The van der Waals surface area contributed by atoms with E-state index in [1.807, 2.05) is 18.8 Å². The second-order valence-corrected chi connectivity index (χ2v) is 5.76. The van der Waals surface area contributed by atoms with Gasteiger partial charge in [-0.05, 0) is 43.0 Å². The average molecular weight is 306 g/mol. The molecule has 0 bridgehead atoms. The molecular weight excluding hydrogens is 289 g/mol. The highest BCUT2D eigenvalue weighted by Gasteiger charge is 2.10. The lowest BCUT2D eigenvalue weighted by molar-refractivity contribution is 0.601. The maximum atomic E-state index is 13.1.